The number of ether oxygens (including phenoxy) is 2. The van der Waals surface area contributed by atoms with Crippen LogP contribution in [-0.4, -0.2) is 34.3 Å². The molecule has 24 heavy (non-hydrogen) atoms. The topological polar surface area (TPSA) is 81.5 Å². The number of nitrogens with zero attached hydrogens (tertiary/aromatic N) is 2. The first-order chi connectivity index (χ1) is 11.6. The van der Waals surface area contributed by atoms with Crippen LogP contribution in [0.15, 0.2) is 48.5 Å². The number of hydrogen-bond donors (Lipinski definition) is 1. The minimum atomic E-state index is -0.987. The second-order valence-corrected chi connectivity index (χ2v) is 5.13. The highest BCUT2D eigenvalue weighted by Gasteiger charge is 2.07. The second-order valence-electron chi connectivity index (χ2n) is 5.13. The SMILES string of the molecule is Cc1nc2ccccc2nc1OCCOc1cccc(C(=O)O)c1. The Kier molecular flexibility index (Phi) is 4.56. The third kappa shape index (κ3) is 3.60. The van der Waals surface area contributed by atoms with E-state index in [-0.39, 0.29) is 18.8 Å². The number of hydrogen-bond acceptors (Lipinski definition) is 5. The van der Waals surface area contributed by atoms with Crippen molar-refractivity contribution in [1.82, 2.24) is 9.97 Å². The maximum absolute atomic E-state index is 10.9. The van der Waals surface area contributed by atoms with Crippen molar-refractivity contribution in [3.63, 3.8) is 0 Å². The Morgan fingerprint density at radius 3 is 2.46 bits per heavy atom. The highest BCUT2D eigenvalue weighted by molar-refractivity contribution is 5.88. The van der Waals surface area contributed by atoms with Crippen molar-refractivity contribution in [2.75, 3.05) is 13.2 Å². The Hall–Kier alpha value is -3.15. The molecule has 3 aromatic rings. The van der Waals surface area contributed by atoms with Crippen LogP contribution in [0.2, 0.25) is 0 Å². The molecule has 0 bridgehead atoms. The van der Waals surface area contributed by atoms with E-state index in [1.807, 2.05) is 31.2 Å². The normalized spacial score (nSPS) is 10.5. The number of carboxylic acids is 1. The number of carbonyl (C=O) groups is 1. The number of carboxylic acid groups (broad SMARTS) is 1. The molecule has 0 aliphatic carbocycles. The van der Waals surface area contributed by atoms with Crippen molar-refractivity contribution in [2.24, 2.45) is 0 Å². The van der Waals surface area contributed by atoms with Crippen LogP contribution in [0.3, 0.4) is 0 Å². The fourth-order valence-corrected chi connectivity index (χ4v) is 2.23. The molecular weight excluding hydrogens is 308 g/mol. The lowest BCUT2D eigenvalue weighted by atomic mass is 10.2. The number of aromatic nitrogens is 2. The Balaban J connectivity index is 1.60. The van der Waals surface area contributed by atoms with Crippen molar-refractivity contribution in [3.05, 3.63) is 59.8 Å². The lowest BCUT2D eigenvalue weighted by molar-refractivity contribution is 0.0696. The van der Waals surface area contributed by atoms with E-state index in [0.29, 0.717) is 17.3 Å². The van der Waals surface area contributed by atoms with E-state index in [0.717, 1.165) is 11.0 Å². The summed E-state index contributed by atoms with van der Waals surface area (Å²) in [4.78, 5) is 19.8. The van der Waals surface area contributed by atoms with E-state index in [4.69, 9.17) is 14.6 Å². The second kappa shape index (κ2) is 6.95. The van der Waals surface area contributed by atoms with Gasteiger partial charge in [0, 0.05) is 0 Å². The summed E-state index contributed by atoms with van der Waals surface area (Å²) in [6, 6.07) is 13.9. The molecule has 0 fully saturated rings. The molecule has 122 valence electrons. The summed E-state index contributed by atoms with van der Waals surface area (Å²) in [5.74, 6) is -0.0323. The third-order valence-corrected chi connectivity index (χ3v) is 3.37. The van der Waals surface area contributed by atoms with Gasteiger partial charge in [0.05, 0.1) is 16.6 Å². The van der Waals surface area contributed by atoms with Gasteiger partial charge in [0.15, 0.2) is 0 Å². The average molecular weight is 324 g/mol. The van der Waals surface area contributed by atoms with Gasteiger partial charge in [-0.25, -0.2) is 14.8 Å². The molecule has 0 spiro atoms. The van der Waals surface area contributed by atoms with Crippen LogP contribution < -0.4 is 9.47 Å². The Morgan fingerprint density at radius 1 is 1.00 bits per heavy atom. The summed E-state index contributed by atoms with van der Waals surface area (Å²) >= 11 is 0. The summed E-state index contributed by atoms with van der Waals surface area (Å²) in [5.41, 5.74) is 2.49. The zero-order valence-electron chi connectivity index (χ0n) is 13.1. The zero-order chi connectivity index (χ0) is 16.9. The first-order valence-corrected chi connectivity index (χ1v) is 7.46. The van der Waals surface area contributed by atoms with Gasteiger partial charge in [0.2, 0.25) is 5.88 Å². The van der Waals surface area contributed by atoms with E-state index in [1.54, 1.807) is 12.1 Å². The quantitative estimate of drug-likeness (QED) is 0.702. The van der Waals surface area contributed by atoms with Crippen molar-refractivity contribution >= 4 is 17.0 Å². The van der Waals surface area contributed by atoms with Gasteiger partial charge in [0.1, 0.15) is 24.7 Å². The molecule has 0 atom stereocenters. The molecule has 0 radical (unpaired) electrons. The molecule has 0 saturated heterocycles. The molecular formula is C18H16N2O4. The fourth-order valence-electron chi connectivity index (χ4n) is 2.23. The smallest absolute Gasteiger partial charge is 0.335 e. The molecule has 0 amide bonds. The monoisotopic (exact) mass is 324 g/mol. The van der Waals surface area contributed by atoms with Gasteiger partial charge >= 0.3 is 5.97 Å². The third-order valence-electron chi connectivity index (χ3n) is 3.37. The van der Waals surface area contributed by atoms with Crippen LogP contribution >= 0.6 is 0 Å². The number of aryl methyl sites for hydroxylation is 1. The van der Waals surface area contributed by atoms with Gasteiger partial charge in [0.25, 0.3) is 0 Å². The summed E-state index contributed by atoms with van der Waals surface area (Å²) in [7, 11) is 0. The van der Waals surface area contributed by atoms with Gasteiger partial charge in [-0.15, -0.1) is 0 Å². The molecule has 3 rings (SSSR count). The Bertz CT molecular complexity index is 880. The van der Waals surface area contributed by atoms with Gasteiger partial charge in [-0.1, -0.05) is 18.2 Å². The Labute approximate surface area is 138 Å². The molecule has 1 N–H and O–H groups in total. The Morgan fingerprint density at radius 2 is 1.71 bits per heavy atom. The molecule has 0 unspecified atom stereocenters. The fraction of sp³-hybridized carbons (Fsp3) is 0.167. The number of aromatic carboxylic acids is 1. The predicted molar refractivity (Wildman–Crippen MR) is 88.7 cm³/mol. The highest BCUT2D eigenvalue weighted by Crippen LogP contribution is 2.18. The van der Waals surface area contributed by atoms with Crippen LogP contribution in [0.5, 0.6) is 11.6 Å². The molecule has 1 aromatic heterocycles. The minimum Gasteiger partial charge on any atom is -0.490 e. The van der Waals surface area contributed by atoms with E-state index in [2.05, 4.69) is 9.97 Å². The lowest BCUT2D eigenvalue weighted by Crippen LogP contribution is -2.11. The lowest BCUT2D eigenvalue weighted by Gasteiger charge is -2.10. The van der Waals surface area contributed by atoms with E-state index >= 15 is 0 Å². The predicted octanol–water partition coefficient (Wildman–Crippen LogP) is 3.09. The average Bonchev–Trinajstić information content (AvgIpc) is 2.59. The van der Waals surface area contributed by atoms with Gasteiger partial charge in [-0.3, -0.25) is 0 Å². The standard InChI is InChI=1S/C18H16N2O4/c1-12-17(20-16-8-3-2-7-15(16)19-12)24-10-9-23-14-6-4-5-13(11-14)18(21)22/h2-8,11H,9-10H2,1H3,(H,21,22). The summed E-state index contributed by atoms with van der Waals surface area (Å²) in [6.45, 7) is 2.40. The molecule has 0 aliphatic heterocycles. The van der Waals surface area contributed by atoms with Crippen molar-refractivity contribution in [2.45, 2.75) is 6.92 Å². The van der Waals surface area contributed by atoms with Crippen molar-refractivity contribution < 1.29 is 19.4 Å². The van der Waals surface area contributed by atoms with Crippen LogP contribution in [-0.2, 0) is 0 Å². The summed E-state index contributed by atoms with van der Waals surface area (Å²) in [6.07, 6.45) is 0. The van der Waals surface area contributed by atoms with Gasteiger partial charge in [-0.05, 0) is 37.3 Å². The summed E-state index contributed by atoms with van der Waals surface area (Å²) in [5, 5.41) is 8.95. The molecule has 0 aliphatic rings. The van der Waals surface area contributed by atoms with Crippen LogP contribution in [0.4, 0.5) is 0 Å². The van der Waals surface area contributed by atoms with Crippen LogP contribution in [0.25, 0.3) is 11.0 Å². The first kappa shape index (κ1) is 15.7. The van der Waals surface area contributed by atoms with E-state index in [1.165, 1.54) is 12.1 Å². The minimum absolute atomic E-state index is 0.185. The molecule has 1 heterocycles. The van der Waals surface area contributed by atoms with Crippen LogP contribution in [0.1, 0.15) is 16.1 Å². The number of benzene rings is 2. The maximum Gasteiger partial charge on any atom is 0.335 e. The number of rotatable bonds is 6. The largest absolute Gasteiger partial charge is 0.490 e. The van der Waals surface area contributed by atoms with Gasteiger partial charge < -0.3 is 14.6 Å². The van der Waals surface area contributed by atoms with Crippen molar-refractivity contribution in [3.8, 4) is 11.6 Å². The van der Waals surface area contributed by atoms with Gasteiger partial charge in [-0.2, -0.15) is 0 Å². The molecule has 2 aromatic carbocycles. The van der Waals surface area contributed by atoms with Crippen molar-refractivity contribution in [1.29, 1.82) is 0 Å². The molecule has 0 saturated carbocycles. The van der Waals surface area contributed by atoms with E-state index in [9.17, 15) is 4.79 Å². The summed E-state index contributed by atoms with van der Waals surface area (Å²) < 4.78 is 11.1. The number of fused-ring (bicyclic) bond motifs is 1. The van der Waals surface area contributed by atoms with E-state index < -0.39 is 5.97 Å². The maximum atomic E-state index is 10.9. The highest BCUT2D eigenvalue weighted by atomic mass is 16.5. The van der Waals surface area contributed by atoms with Crippen LogP contribution in [0, 0.1) is 6.92 Å². The molecule has 6 heteroatoms. The molecule has 6 nitrogen and oxygen atoms in total. The first-order valence-electron chi connectivity index (χ1n) is 7.46. The zero-order valence-corrected chi connectivity index (χ0v) is 13.1. The number of para-hydroxylation sites is 2.